The number of anilines is 1. The van der Waals surface area contributed by atoms with E-state index in [2.05, 4.69) is 29.7 Å². The zero-order valence-electron chi connectivity index (χ0n) is 14.4. The lowest BCUT2D eigenvalue weighted by molar-refractivity contribution is -0.174. The number of hydrogen-bond acceptors (Lipinski definition) is 5. The number of aromatic nitrogens is 1. The van der Waals surface area contributed by atoms with Gasteiger partial charge in [-0.25, -0.2) is 10.0 Å². The lowest BCUT2D eigenvalue weighted by atomic mass is 9.73. The highest BCUT2D eigenvalue weighted by Gasteiger charge is 2.37. The van der Waals surface area contributed by atoms with Crippen molar-refractivity contribution in [3.63, 3.8) is 0 Å². The summed E-state index contributed by atoms with van der Waals surface area (Å²) in [5, 5.41) is 10.4. The molecule has 1 heterocycles. The SMILES string of the molecule is Cc1ccnc(NNC(=O)C(C2C[C@@H](C)C[C@@H](C)C2)N(O)C=O)c1. The fourth-order valence-electron chi connectivity index (χ4n) is 3.69. The smallest absolute Gasteiger partial charge is 0.264 e. The molecule has 0 bridgehead atoms. The average molecular weight is 334 g/mol. The Morgan fingerprint density at radius 1 is 1.38 bits per heavy atom. The van der Waals surface area contributed by atoms with Crippen molar-refractivity contribution < 1.29 is 14.8 Å². The molecule has 4 atom stereocenters. The number of amides is 2. The van der Waals surface area contributed by atoms with Crippen LogP contribution in [0.25, 0.3) is 0 Å². The van der Waals surface area contributed by atoms with Crippen molar-refractivity contribution in [2.75, 3.05) is 5.43 Å². The van der Waals surface area contributed by atoms with E-state index in [9.17, 15) is 14.8 Å². The van der Waals surface area contributed by atoms with Crippen molar-refractivity contribution >= 4 is 18.1 Å². The maximum atomic E-state index is 12.6. The van der Waals surface area contributed by atoms with Gasteiger partial charge in [0.15, 0.2) is 0 Å². The Hall–Kier alpha value is -2.15. The van der Waals surface area contributed by atoms with E-state index < -0.39 is 11.9 Å². The summed E-state index contributed by atoms with van der Waals surface area (Å²) in [4.78, 5) is 27.7. The first-order valence-electron chi connectivity index (χ1n) is 8.31. The summed E-state index contributed by atoms with van der Waals surface area (Å²) < 4.78 is 0. The minimum Gasteiger partial charge on any atom is -0.285 e. The zero-order valence-corrected chi connectivity index (χ0v) is 14.4. The molecule has 0 aliphatic heterocycles. The Labute approximate surface area is 142 Å². The highest BCUT2D eigenvalue weighted by atomic mass is 16.5. The number of rotatable bonds is 6. The maximum Gasteiger partial charge on any atom is 0.264 e. The van der Waals surface area contributed by atoms with Crippen LogP contribution in [-0.4, -0.2) is 33.6 Å². The molecule has 1 saturated carbocycles. The van der Waals surface area contributed by atoms with E-state index in [-0.39, 0.29) is 5.92 Å². The van der Waals surface area contributed by atoms with E-state index in [1.165, 1.54) is 0 Å². The van der Waals surface area contributed by atoms with Gasteiger partial charge in [-0.15, -0.1) is 0 Å². The van der Waals surface area contributed by atoms with Crippen LogP contribution in [0.4, 0.5) is 5.82 Å². The van der Waals surface area contributed by atoms with Crippen molar-refractivity contribution in [2.45, 2.75) is 46.1 Å². The van der Waals surface area contributed by atoms with Gasteiger partial charge in [-0.05, 0) is 61.6 Å². The molecule has 24 heavy (non-hydrogen) atoms. The number of hydroxylamine groups is 2. The van der Waals surface area contributed by atoms with Crippen LogP contribution in [0.5, 0.6) is 0 Å². The normalized spacial score (nSPS) is 24.8. The fraction of sp³-hybridized carbons (Fsp3) is 0.588. The molecule has 1 aliphatic rings. The molecule has 1 aromatic heterocycles. The van der Waals surface area contributed by atoms with Crippen molar-refractivity contribution in [3.8, 4) is 0 Å². The highest BCUT2D eigenvalue weighted by molar-refractivity contribution is 5.84. The highest BCUT2D eigenvalue weighted by Crippen LogP contribution is 2.35. The van der Waals surface area contributed by atoms with Gasteiger partial charge in [0.05, 0.1) is 0 Å². The first-order valence-corrected chi connectivity index (χ1v) is 8.31. The maximum absolute atomic E-state index is 12.6. The Morgan fingerprint density at radius 3 is 2.62 bits per heavy atom. The minimum atomic E-state index is -0.912. The van der Waals surface area contributed by atoms with E-state index in [1.54, 1.807) is 12.3 Å². The van der Waals surface area contributed by atoms with Gasteiger partial charge in [0.25, 0.3) is 5.91 Å². The second-order valence-corrected chi connectivity index (χ2v) is 6.94. The second-order valence-electron chi connectivity index (χ2n) is 6.94. The van der Waals surface area contributed by atoms with Crippen LogP contribution in [0, 0.1) is 24.7 Å². The fourth-order valence-corrected chi connectivity index (χ4v) is 3.69. The van der Waals surface area contributed by atoms with Gasteiger partial charge >= 0.3 is 0 Å². The van der Waals surface area contributed by atoms with E-state index >= 15 is 0 Å². The largest absolute Gasteiger partial charge is 0.285 e. The van der Waals surface area contributed by atoms with Gasteiger partial charge in [0.1, 0.15) is 11.9 Å². The molecule has 2 amide bonds. The van der Waals surface area contributed by atoms with Crippen LogP contribution in [0.1, 0.15) is 38.7 Å². The summed E-state index contributed by atoms with van der Waals surface area (Å²) in [5.74, 6) is 0.898. The van der Waals surface area contributed by atoms with E-state index in [0.717, 1.165) is 24.8 Å². The van der Waals surface area contributed by atoms with Gasteiger partial charge in [0.2, 0.25) is 6.41 Å². The average Bonchev–Trinajstić information content (AvgIpc) is 2.52. The van der Waals surface area contributed by atoms with Crippen LogP contribution >= 0.6 is 0 Å². The standard InChI is InChI=1S/C17H26N4O3/c1-11-4-5-18-15(9-11)19-20-17(23)16(21(24)10-22)14-7-12(2)6-13(3)8-14/h4-5,9-10,12-14,16,24H,6-8H2,1-3H3,(H,18,19)(H,20,23)/t12-,13+,14?,16?. The molecule has 0 saturated heterocycles. The number of hydrazine groups is 1. The van der Waals surface area contributed by atoms with Crippen molar-refractivity contribution in [2.24, 2.45) is 17.8 Å². The van der Waals surface area contributed by atoms with Gasteiger partial charge in [0, 0.05) is 6.20 Å². The van der Waals surface area contributed by atoms with E-state index in [1.807, 2.05) is 13.0 Å². The summed E-state index contributed by atoms with van der Waals surface area (Å²) in [6.45, 7) is 6.19. The lowest BCUT2D eigenvalue weighted by Gasteiger charge is -2.37. The monoisotopic (exact) mass is 334 g/mol. The van der Waals surface area contributed by atoms with Crippen LogP contribution in [0.2, 0.25) is 0 Å². The Bertz CT molecular complexity index is 571. The summed E-state index contributed by atoms with van der Waals surface area (Å²) >= 11 is 0. The van der Waals surface area contributed by atoms with Crippen molar-refractivity contribution in [1.82, 2.24) is 15.5 Å². The number of nitrogens with zero attached hydrogens (tertiary/aromatic N) is 2. The molecule has 1 aromatic rings. The molecule has 0 radical (unpaired) electrons. The Morgan fingerprint density at radius 2 is 2.04 bits per heavy atom. The Balaban J connectivity index is 2.06. The number of carbonyl (C=O) groups excluding carboxylic acids is 2. The molecular weight excluding hydrogens is 308 g/mol. The minimum absolute atomic E-state index is 0.0776. The first kappa shape index (κ1) is 18.2. The van der Waals surface area contributed by atoms with Crippen LogP contribution < -0.4 is 10.9 Å². The third kappa shape index (κ3) is 4.67. The second kappa shape index (κ2) is 8.10. The molecular formula is C17H26N4O3. The summed E-state index contributed by atoms with van der Waals surface area (Å²) in [6.07, 6.45) is 4.63. The third-order valence-electron chi connectivity index (χ3n) is 4.55. The van der Waals surface area contributed by atoms with Gasteiger partial charge in [-0.3, -0.25) is 25.6 Å². The lowest BCUT2D eigenvalue weighted by Crippen LogP contribution is -2.52. The van der Waals surface area contributed by atoms with Crippen LogP contribution in [0.15, 0.2) is 18.3 Å². The summed E-state index contributed by atoms with van der Waals surface area (Å²) in [5.41, 5.74) is 6.30. The first-order chi connectivity index (χ1) is 11.4. The predicted molar refractivity (Wildman–Crippen MR) is 89.9 cm³/mol. The molecule has 2 unspecified atom stereocenters. The predicted octanol–water partition coefficient (Wildman–Crippen LogP) is 2.12. The van der Waals surface area contributed by atoms with Gasteiger partial charge < -0.3 is 0 Å². The number of carbonyl (C=O) groups is 2. The van der Waals surface area contributed by atoms with E-state index in [0.29, 0.717) is 29.1 Å². The number of nitrogens with one attached hydrogen (secondary N) is 2. The van der Waals surface area contributed by atoms with Crippen molar-refractivity contribution in [1.29, 1.82) is 0 Å². The molecule has 7 heteroatoms. The molecule has 7 nitrogen and oxygen atoms in total. The number of pyridine rings is 1. The molecule has 1 aliphatic carbocycles. The van der Waals surface area contributed by atoms with Crippen LogP contribution in [0.3, 0.4) is 0 Å². The number of aryl methyl sites for hydroxylation is 1. The molecule has 0 spiro atoms. The third-order valence-corrected chi connectivity index (χ3v) is 4.55. The van der Waals surface area contributed by atoms with E-state index in [4.69, 9.17) is 0 Å². The van der Waals surface area contributed by atoms with Crippen molar-refractivity contribution in [3.05, 3.63) is 23.9 Å². The zero-order chi connectivity index (χ0) is 17.7. The number of hydrogen-bond donors (Lipinski definition) is 3. The molecule has 1 fully saturated rings. The molecule has 3 N–H and O–H groups in total. The molecule has 132 valence electrons. The molecule has 2 rings (SSSR count). The summed E-state index contributed by atoms with van der Waals surface area (Å²) in [7, 11) is 0. The van der Waals surface area contributed by atoms with Gasteiger partial charge in [-0.2, -0.15) is 0 Å². The van der Waals surface area contributed by atoms with Crippen LogP contribution in [-0.2, 0) is 9.59 Å². The topological polar surface area (TPSA) is 94.6 Å². The summed E-state index contributed by atoms with van der Waals surface area (Å²) in [6, 6.07) is 2.73. The van der Waals surface area contributed by atoms with Gasteiger partial charge in [-0.1, -0.05) is 13.8 Å². The quantitative estimate of drug-likeness (QED) is 0.421. The Kier molecular flexibility index (Phi) is 6.14. The molecule has 0 aromatic carbocycles.